The average Bonchev–Trinajstić information content (AvgIpc) is 2.78. The van der Waals surface area contributed by atoms with Gasteiger partial charge in [0.25, 0.3) is 10.0 Å². The maximum atomic E-state index is 13.3. The molecular formula is C19H22BrClN4O3S. The molecule has 2 N–H and O–H groups in total. The molecule has 3 rings (SSSR count). The van der Waals surface area contributed by atoms with Gasteiger partial charge in [0.15, 0.2) is 0 Å². The van der Waals surface area contributed by atoms with Crippen molar-refractivity contribution in [2.75, 3.05) is 36.8 Å². The number of amides is 1. The van der Waals surface area contributed by atoms with E-state index in [2.05, 4.69) is 26.7 Å². The van der Waals surface area contributed by atoms with Crippen LogP contribution >= 0.6 is 27.5 Å². The Morgan fingerprint density at radius 2 is 1.97 bits per heavy atom. The van der Waals surface area contributed by atoms with Crippen molar-refractivity contribution < 1.29 is 13.2 Å². The van der Waals surface area contributed by atoms with Gasteiger partial charge >= 0.3 is 0 Å². The predicted octanol–water partition coefficient (Wildman–Crippen LogP) is 2.52. The van der Waals surface area contributed by atoms with Crippen LogP contribution in [0.3, 0.4) is 0 Å². The van der Waals surface area contributed by atoms with Gasteiger partial charge in [0.05, 0.1) is 22.0 Å². The van der Waals surface area contributed by atoms with E-state index in [1.165, 1.54) is 10.4 Å². The van der Waals surface area contributed by atoms with Crippen molar-refractivity contribution in [3.63, 3.8) is 0 Å². The Kier molecular flexibility index (Phi) is 6.85. The minimum absolute atomic E-state index is 0.114. The van der Waals surface area contributed by atoms with Crippen LogP contribution in [0.5, 0.6) is 0 Å². The number of carbonyl (C=O) groups is 1. The topological polar surface area (TPSA) is 81.8 Å². The lowest BCUT2D eigenvalue weighted by atomic mass is 9.96. The highest BCUT2D eigenvalue weighted by atomic mass is 79.9. The van der Waals surface area contributed by atoms with E-state index in [4.69, 9.17) is 11.6 Å². The second kappa shape index (κ2) is 9.01. The van der Waals surface area contributed by atoms with Gasteiger partial charge in [0.1, 0.15) is 0 Å². The second-order valence-electron chi connectivity index (χ2n) is 6.52. The molecule has 1 heterocycles. The number of hydrogen-bond acceptors (Lipinski definition) is 5. The molecule has 2 aromatic carbocycles. The lowest BCUT2D eigenvalue weighted by Crippen LogP contribution is -2.44. The number of halogens is 2. The molecule has 1 atom stereocenters. The third-order valence-electron chi connectivity index (χ3n) is 4.87. The molecule has 7 nitrogen and oxygen atoms in total. The summed E-state index contributed by atoms with van der Waals surface area (Å²) in [6, 6.07) is 11.9. The number of nitrogens with one attached hydrogen (secondary N) is 2. The summed E-state index contributed by atoms with van der Waals surface area (Å²) in [6.07, 6.45) is 0. The lowest BCUT2D eigenvalue weighted by molar-refractivity contribution is -0.118. The largest absolute Gasteiger partial charge is 0.354 e. The van der Waals surface area contributed by atoms with Crippen LogP contribution in [0.2, 0.25) is 5.02 Å². The van der Waals surface area contributed by atoms with Crippen molar-refractivity contribution in [2.45, 2.75) is 10.9 Å². The number of anilines is 1. The second-order valence-corrected chi connectivity index (χ2v) is 9.45. The Balaban J connectivity index is 2.15. The molecule has 29 heavy (non-hydrogen) atoms. The molecule has 156 valence electrons. The first kappa shape index (κ1) is 22.0. The third kappa shape index (κ3) is 4.29. The minimum atomic E-state index is -3.79. The van der Waals surface area contributed by atoms with Crippen LogP contribution in [0.25, 0.3) is 0 Å². The number of nitrogens with zero attached hydrogens (tertiary/aromatic N) is 2. The standard InChI is InChI=1S/C19H22BrClN4O3S/c1-22-25(10-9-23-18(26)12-20)19-14-5-3-4-6-16(14)24(2)29(27,28)17-11-13(21)7-8-15(17)19/h3-8,11,19,22H,9-10,12H2,1-2H3,(H,23,26). The molecule has 0 saturated carbocycles. The molecule has 0 radical (unpaired) electrons. The number of para-hydroxylation sites is 1. The molecule has 2 aromatic rings. The molecule has 0 aliphatic carbocycles. The van der Waals surface area contributed by atoms with Gasteiger partial charge in [-0.05, 0) is 36.4 Å². The summed E-state index contributed by atoms with van der Waals surface area (Å²) in [5.74, 6) is -0.114. The first-order valence-corrected chi connectivity index (χ1v) is 11.9. The van der Waals surface area contributed by atoms with Crippen LogP contribution in [-0.2, 0) is 14.8 Å². The zero-order valence-corrected chi connectivity index (χ0v) is 19.2. The quantitative estimate of drug-likeness (QED) is 0.470. The van der Waals surface area contributed by atoms with Gasteiger partial charge in [-0.3, -0.25) is 14.5 Å². The first-order valence-electron chi connectivity index (χ1n) is 8.95. The molecule has 0 aromatic heterocycles. The van der Waals surface area contributed by atoms with Crippen LogP contribution in [-0.4, -0.2) is 51.8 Å². The normalized spacial score (nSPS) is 17.4. The number of hydrogen-bond donors (Lipinski definition) is 2. The number of rotatable bonds is 6. The van der Waals surface area contributed by atoms with Crippen molar-refractivity contribution >= 4 is 49.1 Å². The van der Waals surface area contributed by atoms with Crippen LogP contribution in [0.15, 0.2) is 47.4 Å². The smallest absolute Gasteiger partial charge is 0.264 e. The van der Waals surface area contributed by atoms with Crippen molar-refractivity contribution in [2.24, 2.45) is 0 Å². The van der Waals surface area contributed by atoms with Gasteiger partial charge in [0, 0.05) is 25.2 Å². The number of carbonyl (C=O) groups excluding carboxylic acids is 1. The molecule has 0 spiro atoms. The number of benzene rings is 2. The highest BCUT2D eigenvalue weighted by Gasteiger charge is 2.37. The van der Waals surface area contributed by atoms with Crippen molar-refractivity contribution in [3.8, 4) is 0 Å². The van der Waals surface area contributed by atoms with Crippen molar-refractivity contribution in [3.05, 3.63) is 58.6 Å². The van der Waals surface area contributed by atoms with Crippen molar-refractivity contribution in [1.29, 1.82) is 0 Å². The summed E-state index contributed by atoms with van der Waals surface area (Å²) in [4.78, 5) is 11.7. The summed E-state index contributed by atoms with van der Waals surface area (Å²) < 4.78 is 27.9. The SMILES string of the molecule is CNN(CCNC(=O)CBr)C1c2ccccc2N(C)S(=O)(=O)c2cc(Cl)ccc21. The fourth-order valence-electron chi connectivity index (χ4n) is 3.48. The molecule has 0 bridgehead atoms. The predicted molar refractivity (Wildman–Crippen MR) is 118 cm³/mol. The fourth-order valence-corrected chi connectivity index (χ4v) is 5.39. The molecule has 0 fully saturated rings. The lowest BCUT2D eigenvalue weighted by Gasteiger charge is -2.32. The van der Waals surface area contributed by atoms with Crippen LogP contribution in [0.1, 0.15) is 17.2 Å². The van der Waals surface area contributed by atoms with Gasteiger partial charge in [-0.1, -0.05) is 51.8 Å². The molecule has 0 saturated heterocycles. The van der Waals surface area contributed by atoms with Gasteiger partial charge in [-0.2, -0.15) is 0 Å². The molecule has 1 aliphatic rings. The number of sulfonamides is 1. The Morgan fingerprint density at radius 3 is 2.66 bits per heavy atom. The number of alkyl halides is 1. The van der Waals surface area contributed by atoms with Gasteiger partial charge in [-0.25, -0.2) is 13.4 Å². The first-order chi connectivity index (χ1) is 13.8. The Morgan fingerprint density at radius 1 is 1.24 bits per heavy atom. The van der Waals surface area contributed by atoms with Crippen LogP contribution in [0.4, 0.5) is 5.69 Å². The summed E-state index contributed by atoms with van der Waals surface area (Å²) >= 11 is 9.28. The van der Waals surface area contributed by atoms with E-state index in [-0.39, 0.29) is 16.1 Å². The number of fused-ring (bicyclic) bond motifs is 2. The van der Waals surface area contributed by atoms with Gasteiger partial charge in [0.2, 0.25) is 5.91 Å². The Bertz CT molecular complexity index is 1020. The van der Waals surface area contributed by atoms with Gasteiger partial charge in [-0.15, -0.1) is 0 Å². The van der Waals surface area contributed by atoms with E-state index >= 15 is 0 Å². The molecular weight excluding hydrogens is 480 g/mol. The molecule has 10 heteroatoms. The van der Waals surface area contributed by atoms with E-state index in [0.29, 0.717) is 29.4 Å². The molecule has 1 unspecified atom stereocenters. The highest BCUT2D eigenvalue weighted by Crippen LogP contribution is 2.42. The van der Waals surface area contributed by atoms with Crippen LogP contribution < -0.4 is 15.0 Å². The average molecular weight is 502 g/mol. The van der Waals surface area contributed by atoms with E-state index in [0.717, 1.165) is 5.56 Å². The van der Waals surface area contributed by atoms with E-state index < -0.39 is 16.1 Å². The summed E-state index contributed by atoms with van der Waals surface area (Å²) in [6.45, 7) is 0.857. The monoisotopic (exact) mass is 500 g/mol. The van der Waals surface area contributed by atoms with Crippen molar-refractivity contribution in [1.82, 2.24) is 15.8 Å². The molecule has 1 aliphatic heterocycles. The maximum Gasteiger partial charge on any atom is 0.264 e. The van der Waals surface area contributed by atoms with E-state index in [9.17, 15) is 13.2 Å². The minimum Gasteiger partial charge on any atom is -0.354 e. The third-order valence-corrected chi connectivity index (χ3v) is 7.45. The zero-order chi connectivity index (χ0) is 21.2. The highest BCUT2D eigenvalue weighted by molar-refractivity contribution is 9.09. The van der Waals surface area contributed by atoms with Gasteiger partial charge < -0.3 is 5.32 Å². The van der Waals surface area contributed by atoms with Crippen LogP contribution in [0, 0.1) is 0 Å². The summed E-state index contributed by atoms with van der Waals surface area (Å²) in [7, 11) is -0.473. The Labute approximate surface area is 184 Å². The Hall–Kier alpha value is -1.65. The van der Waals surface area contributed by atoms with E-state index in [1.807, 2.05) is 23.2 Å². The van der Waals surface area contributed by atoms with E-state index in [1.54, 1.807) is 32.3 Å². The number of hydrazine groups is 1. The fraction of sp³-hybridized carbons (Fsp3) is 0.316. The maximum absolute atomic E-state index is 13.3. The molecule has 1 amide bonds. The summed E-state index contributed by atoms with van der Waals surface area (Å²) in [5, 5.41) is 5.31. The summed E-state index contributed by atoms with van der Waals surface area (Å²) in [5.41, 5.74) is 5.20. The zero-order valence-electron chi connectivity index (χ0n) is 16.0.